The summed E-state index contributed by atoms with van der Waals surface area (Å²) in [5, 5.41) is 2.85. The predicted octanol–water partition coefficient (Wildman–Crippen LogP) is 3.29. The smallest absolute Gasteiger partial charge is 0.228 e. The van der Waals surface area contributed by atoms with Crippen LogP contribution in [-0.2, 0) is 16.0 Å². The van der Waals surface area contributed by atoms with E-state index in [1.165, 1.54) is 0 Å². The lowest BCUT2D eigenvalue weighted by Crippen LogP contribution is -2.36. The largest absolute Gasteiger partial charge is 0.346 e. The van der Waals surface area contributed by atoms with E-state index >= 15 is 0 Å². The Labute approximate surface area is 195 Å². The van der Waals surface area contributed by atoms with Gasteiger partial charge in [0.1, 0.15) is 5.69 Å². The Kier molecular flexibility index (Phi) is 4.72. The Hall–Kier alpha value is -4.33. The molecule has 8 heteroatoms. The number of aromatic nitrogens is 3. The van der Waals surface area contributed by atoms with Crippen LogP contribution in [0.1, 0.15) is 34.5 Å². The van der Waals surface area contributed by atoms with Crippen molar-refractivity contribution in [2.75, 3.05) is 23.3 Å². The van der Waals surface area contributed by atoms with Gasteiger partial charge >= 0.3 is 0 Å². The van der Waals surface area contributed by atoms with E-state index in [4.69, 9.17) is 4.98 Å². The second-order valence-electron chi connectivity index (χ2n) is 8.61. The lowest BCUT2D eigenvalue weighted by atomic mass is 10.0. The summed E-state index contributed by atoms with van der Waals surface area (Å²) in [5.74, 6) is 0.502. The Morgan fingerprint density at radius 3 is 2.74 bits per heavy atom. The molecule has 1 N–H and O–H groups in total. The van der Waals surface area contributed by atoms with Crippen molar-refractivity contribution in [1.29, 1.82) is 0 Å². The van der Waals surface area contributed by atoms with Crippen molar-refractivity contribution in [3.63, 3.8) is 0 Å². The third-order valence-corrected chi connectivity index (χ3v) is 6.33. The number of Topliss-reactive ketones (excluding diaryl/α,β-unsaturated/α-hetero) is 1. The molecule has 34 heavy (non-hydrogen) atoms. The third kappa shape index (κ3) is 3.35. The van der Waals surface area contributed by atoms with Crippen molar-refractivity contribution in [1.82, 2.24) is 14.4 Å². The van der Waals surface area contributed by atoms with Gasteiger partial charge in [-0.25, -0.2) is 9.97 Å². The molecular formula is C26H21N5O3. The van der Waals surface area contributed by atoms with Gasteiger partial charge in [0, 0.05) is 42.2 Å². The number of hydrogen-bond donors (Lipinski definition) is 1. The fourth-order valence-electron chi connectivity index (χ4n) is 4.74. The van der Waals surface area contributed by atoms with Crippen molar-refractivity contribution < 1.29 is 14.4 Å². The Morgan fingerprint density at radius 2 is 1.91 bits per heavy atom. The fourth-order valence-corrected chi connectivity index (χ4v) is 4.74. The van der Waals surface area contributed by atoms with Gasteiger partial charge in [0.25, 0.3) is 0 Å². The molecule has 0 bridgehead atoms. The van der Waals surface area contributed by atoms with E-state index in [1.54, 1.807) is 24.5 Å². The van der Waals surface area contributed by atoms with Gasteiger partial charge in [-0.2, -0.15) is 0 Å². The molecule has 4 heterocycles. The standard InChI is InChI=1S/C26H21N5O3/c32-19-7-4-11-30(15-19)25-26-29-22(24(34)16-5-2-1-3-6-16)23(31(26)12-10-27-25)17-8-9-20-18(13-17)14-21(33)28-20/h1-3,5-6,8-10,12-13H,4,7,11,14-15H2,(H,28,33). The predicted molar refractivity (Wildman–Crippen MR) is 127 cm³/mol. The van der Waals surface area contributed by atoms with Gasteiger partial charge in [-0.1, -0.05) is 36.4 Å². The quantitative estimate of drug-likeness (QED) is 0.479. The van der Waals surface area contributed by atoms with Crippen LogP contribution in [0.4, 0.5) is 11.5 Å². The number of piperidine rings is 1. The lowest BCUT2D eigenvalue weighted by molar-refractivity contribution is -0.118. The van der Waals surface area contributed by atoms with Gasteiger partial charge < -0.3 is 10.2 Å². The molecule has 168 valence electrons. The normalized spacial score (nSPS) is 15.5. The van der Waals surface area contributed by atoms with Crippen LogP contribution in [-0.4, -0.2) is 44.9 Å². The number of anilines is 2. The monoisotopic (exact) mass is 451 g/mol. The number of fused-ring (bicyclic) bond motifs is 2. The third-order valence-electron chi connectivity index (χ3n) is 6.33. The van der Waals surface area contributed by atoms with Crippen LogP contribution in [0.5, 0.6) is 0 Å². The van der Waals surface area contributed by atoms with Gasteiger partial charge in [0.05, 0.1) is 18.7 Å². The Balaban J connectivity index is 1.57. The minimum absolute atomic E-state index is 0.0490. The minimum atomic E-state index is -0.199. The minimum Gasteiger partial charge on any atom is -0.346 e. The number of nitrogens with one attached hydrogen (secondary N) is 1. The highest BCUT2D eigenvalue weighted by Gasteiger charge is 2.28. The summed E-state index contributed by atoms with van der Waals surface area (Å²) < 4.78 is 1.86. The average Bonchev–Trinajstić information content (AvgIpc) is 3.43. The summed E-state index contributed by atoms with van der Waals surface area (Å²) >= 11 is 0. The molecule has 0 atom stereocenters. The molecule has 2 aliphatic heterocycles. The molecule has 0 saturated carbocycles. The first kappa shape index (κ1) is 20.3. The van der Waals surface area contributed by atoms with Crippen LogP contribution in [0.15, 0.2) is 60.9 Å². The molecule has 0 unspecified atom stereocenters. The van der Waals surface area contributed by atoms with E-state index < -0.39 is 0 Å². The molecule has 8 nitrogen and oxygen atoms in total. The van der Waals surface area contributed by atoms with Crippen LogP contribution in [0.2, 0.25) is 0 Å². The number of carbonyl (C=O) groups excluding carboxylic acids is 3. The fraction of sp³-hybridized carbons (Fsp3) is 0.192. The lowest BCUT2D eigenvalue weighted by Gasteiger charge is -2.26. The van der Waals surface area contributed by atoms with E-state index in [2.05, 4.69) is 10.3 Å². The van der Waals surface area contributed by atoms with Crippen LogP contribution < -0.4 is 10.2 Å². The van der Waals surface area contributed by atoms with Gasteiger partial charge in [-0.05, 0) is 24.1 Å². The first-order chi connectivity index (χ1) is 16.6. The highest BCUT2D eigenvalue weighted by molar-refractivity contribution is 6.12. The number of carbonyl (C=O) groups is 3. The zero-order valence-electron chi connectivity index (χ0n) is 18.3. The first-order valence-corrected chi connectivity index (χ1v) is 11.2. The maximum atomic E-state index is 13.6. The van der Waals surface area contributed by atoms with E-state index in [9.17, 15) is 14.4 Å². The van der Waals surface area contributed by atoms with E-state index in [0.29, 0.717) is 47.8 Å². The van der Waals surface area contributed by atoms with Crippen molar-refractivity contribution in [3.8, 4) is 11.3 Å². The molecule has 2 aromatic carbocycles. The molecule has 2 aromatic heterocycles. The Bertz CT molecular complexity index is 1470. The summed E-state index contributed by atoms with van der Waals surface area (Å²) in [6, 6.07) is 14.7. The highest BCUT2D eigenvalue weighted by atomic mass is 16.2. The topological polar surface area (TPSA) is 96.7 Å². The van der Waals surface area contributed by atoms with E-state index in [0.717, 1.165) is 23.2 Å². The molecule has 4 aromatic rings. The summed E-state index contributed by atoms with van der Waals surface area (Å²) in [6.45, 7) is 0.985. The molecule has 6 rings (SSSR count). The second kappa shape index (κ2) is 7.91. The number of imidazole rings is 1. The van der Waals surface area contributed by atoms with Crippen molar-refractivity contribution in [2.45, 2.75) is 19.3 Å². The van der Waals surface area contributed by atoms with E-state index in [1.807, 2.05) is 45.7 Å². The van der Waals surface area contributed by atoms with Crippen LogP contribution in [0, 0.1) is 0 Å². The number of rotatable bonds is 4. The number of benzene rings is 2. The van der Waals surface area contributed by atoms with Gasteiger partial charge in [0.15, 0.2) is 17.2 Å². The number of amides is 1. The maximum absolute atomic E-state index is 13.6. The Morgan fingerprint density at radius 1 is 1.06 bits per heavy atom. The second-order valence-corrected chi connectivity index (χ2v) is 8.61. The van der Waals surface area contributed by atoms with Crippen LogP contribution in [0.25, 0.3) is 16.9 Å². The zero-order valence-corrected chi connectivity index (χ0v) is 18.3. The molecular weight excluding hydrogens is 430 g/mol. The summed E-state index contributed by atoms with van der Waals surface area (Å²) in [7, 11) is 0. The number of ketones is 2. The van der Waals surface area contributed by atoms with Crippen molar-refractivity contribution in [2.24, 2.45) is 0 Å². The van der Waals surface area contributed by atoms with Crippen LogP contribution >= 0.6 is 0 Å². The summed E-state index contributed by atoms with van der Waals surface area (Å²) in [5.41, 5.74) is 4.46. The molecule has 0 aliphatic carbocycles. The maximum Gasteiger partial charge on any atom is 0.228 e. The SMILES string of the molecule is O=C1CCCN(c2nccn3c(-c4ccc5c(c4)CC(=O)N5)c(C(=O)c4ccccc4)nc23)C1. The highest BCUT2D eigenvalue weighted by Crippen LogP contribution is 2.34. The van der Waals surface area contributed by atoms with Crippen molar-refractivity contribution >= 4 is 34.6 Å². The molecule has 2 aliphatic rings. The van der Waals surface area contributed by atoms with Gasteiger partial charge in [-0.15, -0.1) is 0 Å². The van der Waals surface area contributed by atoms with Gasteiger partial charge in [0.2, 0.25) is 11.7 Å². The zero-order chi connectivity index (χ0) is 23.2. The van der Waals surface area contributed by atoms with Crippen LogP contribution in [0.3, 0.4) is 0 Å². The molecule has 1 fully saturated rings. The number of nitrogens with zero attached hydrogens (tertiary/aromatic N) is 4. The van der Waals surface area contributed by atoms with E-state index in [-0.39, 0.29) is 24.0 Å². The molecule has 1 saturated heterocycles. The number of hydrogen-bond acceptors (Lipinski definition) is 6. The summed E-state index contributed by atoms with van der Waals surface area (Å²) in [4.78, 5) is 48.9. The first-order valence-electron chi connectivity index (χ1n) is 11.2. The van der Waals surface area contributed by atoms with Crippen molar-refractivity contribution in [3.05, 3.63) is 77.7 Å². The summed E-state index contributed by atoms with van der Waals surface area (Å²) in [6.07, 6.45) is 5.08. The molecule has 0 spiro atoms. The molecule has 0 radical (unpaired) electrons. The average molecular weight is 451 g/mol. The van der Waals surface area contributed by atoms with Gasteiger partial charge in [-0.3, -0.25) is 18.8 Å². The molecule has 1 amide bonds.